The number of halogens is 3. The van der Waals surface area contributed by atoms with E-state index in [1.807, 2.05) is 26.0 Å². The highest BCUT2D eigenvalue weighted by Crippen LogP contribution is 2.30. The average Bonchev–Trinajstić information content (AvgIpc) is 2.95. The first-order chi connectivity index (χ1) is 12.2. The molecule has 136 valence electrons. The number of hydrogen-bond donors (Lipinski definition) is 1. The minimum Gasteiger partial charge on any atom is -0.467 e. The van der Waals surface area contributed by atoms with Crippen molar-refractivity contribution in [3.05, 3.63) is 47.2 Å². The van der Waals surface area contributed by atoms with E-state index in [-0.39, 0.29) is 11.4 Å². The van der Waals surface area contributed by atoms with Crippen LogP contribution >= 0.6 is 11.3 Å². The molecule has 2 heterocycles. The van der Waals surface area contributed by atoms with Crippen molar-refractivity contribution in [1.82, 2.24) is 9.97 Å². The number of ether oxygens (including phenoxy) is 1. The zero-order valence-corrected chi connectivity index (χ0v) is 14.7. The Morgan fingerprint density at radius 2 is 2.08 bits per heavy atom. The molecule has 26 heavy (non-hydrogen) atoms. The van der Waals surface area contributed by atoms with Gasteiger partial charge in [-0.25, -0.2) is 9.97 Å². The summed E-state index contributed by atoms with van der Waals surface area (Å²) in [6.45, 7) is 2.36. The molecule has 3 aromatic rings. The van der Waals surface area contributed by atoms with Crippen molar-refractivity contribution >= 4 is 32.6 Å². The summed E-state index contributed by atoms with van der Waals surface area (Å²) in [5.41, 5.74) is 2.73. The quantitative estimate of drug-likeness (QED) is 0.723. The fraction of sp³-hybridized carbons (Fsp3) is 0.235. The smallest absolute Gasteiger partial charge is 0.422 e. The van der Waals surface area contributed by atoms with Gasteiger partial charge in [0.2, 0.25) is 5.88 Å². The third kappa shape index (κ3) is 4.10. The second-order valence-electron chi connectivity index (χ2n) is 5.66. The number of hydrogen-bond acceptors (Lipinski definition) is 5. The number of fused-ring (bicyclic) bond motifs is 1. The van der Waals surface area contributed by atoms with Crippen LogP contribution in [0.1, 0.15) is 21.5 Å². The standard InChI is InChI=1S/C17H14F3N3O2S/c1-9-6-10(2)13-12(7-9)26-16(22-13)23-14(24)11-4-3-5-21-15(11)25-8-17(18,19)20/h3-7H,8H2,1-2H3,(H,22,23,24). The normalized spacial score (nSPS) is 11.6. The summed E-state index contributed by atoms with van der Waals surface area (Å²) in [7, 11) is 0. The molecule has 0 aliphatic heterocycles. The molecule has 2 aromatic heterocycles. The Balaban J connectivity index is 1.83. The van der Waals surface area contributed by atoms with Crippen LogP contribution in [-0.4, -0.2) is 28.7 Å². The van der Waals surface area contributed by atoms with E-state index in [4.69, 9.17) is 0 Å². The van der Waals surface area contributed by atoms with E-state index in [1.54, 1.807) is 0 Å². The van der Waals surface area contributed by atoms with Crippen molar-refractivity contribution in [2.75, 3.05) is 11.9 Å². The largest absolute Gasteiger partial charge is 0.467 e. The zero-order chi connectivity index (χ0) is 18.9. The molecular weight excluding hydrogens is 367 g/mol. The van der Waals surface area contributed by atoms with Crippen molar-refractivity contribution in [1.29, 1.82) is 0 Å². The Kier molecular flexibility index (Phi) is 4.82. The lowest BCUT2D eigenvalue weighted by molar-refractivity contribution is -0.154. The van der Waals surface area contributed by atoms with Gasteiger partial charge in [0.25, 0.3) is 5.91 Å². The van der Waals surface area contributed by atoms with Crippen LogP contribution < -0.4 is 10.1 Å². The maximum atomic E-state index is 12.4. The summed E-state index contributed by atoms with van der Waals surface area (Å²) < 4.78 is 42.6. The summed E-state index contributed by atoms with van der Waals surface area (Å²) in [5.74, 6) is -1.01. The highest BCUT2D eigenvalue weighted by molar-refractivity contribution is 7.22. The van der Waals surface area contributed by atoms with Gasteiger partial charge in [0.15, 0.2) is 11.7 Å². The van der Waals surface area contributed by atoms with Crippen LogP contribution in [0.3, 0.4) is 0 Å². The van der Waals surface area contributed by atoms with E-state index in [9.17, 15) is 18.0 Å². The number of amides is 1. The molecule has 5 nitrogen and oxygen atoms in total. The fourth-order valence-electron chi connectivity index (χ4n) is 2.42. The molecular formula is C17H14F3N3O2S. The van der Waals surface area contributed by atoms with E-state index >= 15 is 0 Å². The monoisotopic (exact) mass is 381 g/mol. The summed E-state index contributed by atoms with van der Waals surface area (Å²) in [4.78, 5) is 20.5. The van der Waals surface area contributed by atoms with Gasteiger partial charge in [-0.1, -0.05) is 17.4 Å². The van der Waals surface area contributed by atoms with Gasteiger partial charge >= 0.3 is 6.18 Å². The topological polar surface area (TPSA) is 64.1 Å². The van der Waals surface area contributed by atoms with E-state index in [2.05, 4.69) is 20.0 Å². The molecule has 0 saturated heterocycles. The third-order valence-corrected chi connectivity index (χ3v) is 4.36. The first kappa shape index (κ1) is 18.1. The minimum atomic E-state index is -4.52. The lowest BCUT2D eigenvalue weighted by Gasteiger charge is -2.11. The Morgan fingerprint density at radius 3 is 2.81 bits per heavy atom. The van der Waals surface area contributed by atoms with E-state index in [0.29, 0.717) is 5.13 Å². The summed E-state index contributed by atoms with van der Waals surface area (Å²) in [6, 6.07) is 6.73. The average molecular weight is 381 g/mol. The predicted molar refractivity (Wildman–Crippen MR) is 92.8 cm³/mol. The van der Waals surface area contributed by atoms with Crippen molar-refractivity contribution in [3.8, 4) is 5.88 Å². The Hall–Kier alpha value is -2.68. The number of nitrogens with one attached hydrogen (secondary N) is 1. The molecule has 0 unspecified atom stereocenters. The van der Waals surface area contributed by atoms with Crippen LogP contribution in [0, 0.1) is 13.8 Å². The van der Waals surface area contributed by atoms with Crippen molar-refractivity contribution < 1.29 is 22.7 Å². The number of anilines is 1. The molecule has 0 aliphatic carbocycles. The number of carbonyl (C=O) groups excluding carboxylic acids is 1. The number of carbonyl (C=O) groups is 1. The lowest BCUT2D eigenvalue weighted by atomic mass is 10.1. The first-order valence-corrected chi connectivity index (χ1v) is 8.38. The van der Waals surface area contributed by atoms with E-state index < -0.39 is 18.7 Å². The Bertz CT molecular complexity index is 970. The number of thiazole rings is 1. The summed E-state index contributed by atoms with van der Waals surface area (Å²) in [6.07, 6.45) is -3.26. The van der Waals surface area contributed by atoms with Crippen LogP contribution in [0.4, 0.5) is 18.3 Å². The highest BCUT2D eigenvalue weighted by Gasteiger charge is 2.29. The predicted octanol–water partition coefficient (Wildman–Crippen LogP) is 4.50. The lowest BCUT2D eigenvalue weighted by Crippen LogP contribution is -2.21. The molecule has 0 saturated carbocycles. The molecule has 0 atom stereocenters. The zero-order valence-electron chi connectivity index (χ0n) is 13.8. The number of aryl methyl sites for hydroxylation is 2. The molecule has 0 fully saturated rings. The summed E-state index contributed by atoms with van der Waals surface area (Å²) >= 11 is 1.29. The van der Waals surface area contributed by atoms with Gasteiger partial charge in [-0.3, -0.25) is 10.1 Å². The second kappa shape index (κ2) is 6.91. The molecule has 0 bridgehead atoms. The van der Waals surface area contributed by atoms with E-state index in [0.717, 1.165) is 21.3 Å². The van der Waals surface area contributed by atoms with Crippen LogP contribution in [-0.2, 0) is 0 Å². The molecule has 0 spiro atoms. The fourth-order valence-corrected chi connectivity index (χ4v) is 3.45. The van der Waals surface area contributed by atoms with Gasteiger partial charge in [-0.2, -0.15) is 13.2 Å². The molecule has 9 heteroatoms. The van der Waals surface area contributed by atoms with E-state index in [1.165, 1.54) is 29.7 Å². The minimum absolute atomic E-state index is 0.0936. The van der Waals surface area contributed by atoms with Gasteiger partial charge in [-0.05, 0) is 43.2 Å². The highest BCUT2D eigenvalue weighted by atomic mass is 32.1. The van der Waals surface area contributed by atoms with Crippen LogP contribution in [0.2, 0.25) is 0 Å². The van der Waals surface area contributed by atoms with Gasteiger partial charge in [0.05, 0.1) is 10.2 Å². The number of nitrogens with zero attached hydrogens (tertiary/aromatic N) is 2. The molecule has 1 aromatic carbocycles. The first-order valence-electron chi connectivity index (χ1n) is 7.56. The molecule has 1 amide bonds. The van der Waals surface area contributed by atoms with Crippen molar-refractivity contribution in [3.63, 3.8) is 0 Å². The Morgan fingerprint density at radius 1 is 1.31 bits per heavy atom. The molecule has 0 radical (unpaired) electrons. The third-order valence-electron chi connectivity index (χ3n) is 3.44. The molecule has 0 aliphatic rings. The number of aromatic nitrogens is 2. The number of rotatable bonds is 4. The Labute approximate surface area is 150 Å². The van der Waals surface area contributed by atoms with Crippen LogP contribution in [0.5, 0.6) is 5.88 Å². The van der Waals surface area contributed by atoms with Gasteiger partial charge < -0.3 is 4.74 Å². The van der Waals surface area contributed by atoms with Crippen LogP contribution in [0.15, 0.2) is 30.5 Å². The SMILES string of the molecule is Cc1cc(C)c2nc(NC(=O)c3cccnc3OCC(F)(F)F)sc2c1. The van der Waals surface area contributed by atoms with Gasteiger partial charge in [0.1, 0.15) is 5.56 Å². The number of pyridine rings is 1. The van der Waals surface area contributed by atoms with Crippen LogP contribution in [0.25, 0.3) is 10.2 Å². The second-order valence-corrected chi connectivity index (χ2v) is 6.69. The maximum absolute atomic E-state index is 12.4. The van der Waals surface area contributed by atoms with Crippen molar-refractivity contribution in [2.24, 2.45) is 0 Å². The van der Waals surface area contributed by atoms with Gasteiger partial charge in [-0.15, -0.1) is 0 Å². The maximum Gasteiger partial charge on any atom is 0.422 e. The summed E-state index contributed by atoms with van der Waals surface area (Å²) in [5, 5.41) is 2.95. The number of benzene rings is 1. The van der Waals surface area contributed by atoms with Gasteiger partial charge in [0, 0.05) is 6.20 Å². The number of alkyl halides is 3. The molecule has 1 N–H and O–H groups in total. The van der Waals surface area contributed by atoms with Crippen molar-refractivity contribution in [2.45, 2.75) is 20.0 Å². The molecule has 3 rings (SSSR count).